The van der Waals surface area contributed by atoms with Crippen molar-refractivity contribution < 1.29 is 19.1 Å². The Morgan fingerprint density at radius 3 is 2.18 bits per heavy atom. The molecule has 220 valence electrons. The smallest absolute Gasteiger partial charge is 0.244 e. The highest BCUT2D eigenvalue weighted by Crippen LogP contribution is 2.63. The van der Waals surface area contributed by atoms with Crippen LogP contribution in [0.1, 0.15) is 47.1 Å². The maximum atomic E-state index is 14.5. The predicted octanol–water partition coefficient (Wildman–Crippen LogP) is 6.02. The summed E-state index contributed by atoms with van der Waals surface area (Å²) in [5, 5.41) is 5.08. The minimum Gasteiger partial charge on any atom is -0.494 e. The molecule has 8 heteroatoms. The number of carbonyl (C=O) groups is 3. The largest absolute Gasteiger partial charge is 0.494 e. The molecule has 2 atom stereocenters. The standard InChI is InChI=1S/C36H30ClN3O4/c1-2-19-44-25-17-15-24(16-18-25)40-34(42)32-31-26-7-3-5-9-28(26)36(33(32)35(40)43,29-10-6-4-8-27(29)31)21-38-39-30(41)20-22-11-13-23(37)14-12-22/h3-18,21,31-33H,2,19-20H2,1H3,(H,39,41)/b38-21-/t31?,32-,33+,36?/m1/s1. The van der Waals surface area contributed by atoms with Gasteiger partial charge in [0.2, 0.25) is 17.7 Å². The lowest BCUT2D eigenvalue weighted by molar-refractivity contribution is -0.123. The number of hydrogen-bond acceptors (Lipinski definition) is 5. The topological polar surface area (TPSA) is 88.1 Å². The number of nitrogens with one attached hydrogen (secondary N) is 1. The van der Waals surface area contributed by atoms with E-state index in [1.54, 1.807) is 54.7 Å². The van der Waals surface area contributed by atoms with E-state index in [9.17, 15) is 14.4 Å². The second kappa shape index (κ2) is 11.1. The van der Waals surface area contributed by atoms with Crippen LogP contribution in [0.5, 0.6) is 5.75 Å². The minimum absolute atomic E-state index is 0.117. The third-order valence-electron chi connectivity index (χ3n) is 8.99. The summed E-state index contributed by atoms with van der Waals surface area (Å²) in [6.45, 7) is 2.62. The molecule has 1 fully saturated rings. The molecule has 0 radical (unpaired) electrons. The van der Waals surface area contributed by atoms with E-state index in [1.165, 1.54) is 4.90 Å². The molecule has 7 nitrogen and oxygen atoms in total. The van der Waals surface area contributed by atoms with Crippen LogP contribution in [0.2, 0.25) is 5.02 Å². The van der Waals surface area contributed by atoms with Crippen molar-refractivity contribution in [2.45, 2.75) is 31.1 Å². The van der Waals surface area contributed by atoms with Crippen LogP contribution in [0.3, 0.4) is 0 Å². The maximum Gasteiger partial charge on any atom is 0.244 e. The maximum absolute atomic E-state index is 14.5. The molecule has 4 aromatic carbocycles. The molecule has 3 amide bonds. The normalized spacial score (nSPS) is 23.0. The van der Waals surface area contributed by atoms with Crippen LogP contribution in [-0.4, -0.2) is 30.5 Å². The van der Waals surface area contributed by atoms with Gasteiger partial charge in [-0.1, -0.05) is 79.2 Å². The number of benzene rings is 4. The Morgan fingerprint density at radius 2 is 1.55 bits per heavy atom. The zero-order valence-electron chi connectivity index (χ0n) is 24.1. The zero-order valence-corrected chi connectivity index (χ0v) is 24.8. The fourth-order valence-corrected chi connectivity index (χ4v) is 7.37. The molecule has 8 rings (SSSR count). The summed E-state index contributed by atoms with van der Waals surface area (Å²) in [6.07, 6.45) is 2.67. The first-order valence-electron chi connectivity index (χ1n) is 14.8. The van der Waals surface area contributed by atoms with E-state index in [0.29, 0.717) is 23.1 Å². The van der Waals surface area contributed by atoms with E-state index in [0.717, 1.165) is 34.2 Å². The summed E-state index contributed by atoms with van der Waals surface area (Å²) in [4.78, 5) is 43.1. The van der Waals surface area contributed by atoms with Crippen molar-refractivity contribution in [2.24, 2.45) is 16.9 Å². The molecule has 0 saturated carbocycles. The molecule has 1 heterocycles. The third-order valence-corrected chi connectivity index (χ3v) is 9.24. The number of anilines is 1. The van der Waals surface area contributed by atoms with Crippen LogP contribution in [-0.2, 0) is 26.2 Å². The molecule has 2 bridgehead atoms. The van der Waals surface area contributed by atoms with Crippen molar-refractivity contribution in [3.05, 3.63) is 130 Å². The second-order valence-corrected chi connectivity index (χ2v) is 11.9. The number of halogens is 1. The van der Waals surface area contributed by atoms with Crippen molar-refractivity contribution >= 4 is 41.2 Å². The van der Waals surface area contributed by atoms with E-state index in [4.69, 9.17) is 16.3 Å². The van der Waals surface area contributed by atoms with Gasteiger partial charge in [0.25, 0.3) is 0 Å². The fourth-order valence-electron chi connectivity index (χ4n) is 7.25. The van der Waals surface area contributed by atoms with Gasteiger partial charge in [-0.3, -0.25) is 14.4 Å². The predicted molar refractivity (Wildman–Crippen MR) is 169 cm³/mol. The van der Waals surface area contributed by atoms with Crippen LogP contribution in [0, 0.1) is 11.8 Å². The number of hydrazone groups is 1. The Bertz CT molecular complexity index is 1750. The summed E-state index contributed by atoms with van der Waals surface area (Å²) in [5.74, 6) is -1.78. The number of carbonyl (C=O) groups excluding carboxylic acids is 3. The second-order valence-electron chi connectivity index (χ2n) is 11.5. The van der Waals surface area contributed by atoms with E-state index < -0.39 is 17.3 Å². The average Bonchev–Trinajstić information content (AvgIpc) is 3.32. The highest BCUT2D eigenvalue weighted by atomic mass is 35.5. The first-order chi connectivity index (χ1) is 21.4. The molecular formula is C36H30ClN3O4. The number of rotatable bonds is 8. The van der Waals surface area contributed by atoms with Gasteiger partial charge in [0.15, 0.2) is 0 Å². The Balaban J connectivity index is 1.30. The van der Waals surface area contributed by atoms with Gasteiger partial charge >= 0.3 is 0 Å². The van der Waals surface area contributed by atoms with E-state index in [2.05, 4.69) is 10.5 Å². The lowest BCUT2D eigenvalue weighted by atomic mass is 9.47. The number of ether oxygens (including phenoxy) is 1. The summed E-state index contributed by atoms with van der Waals surface area (Å²) in [6, 6.07) is 30.1. The van der Waals surface area contributed by atoms with Crippen molar-refractivity contribution in [3.8, 4) is 5.75 Å². The van der Waals surface area contributed by atoms with Crippen molar-refractivity contribution in [2.75, 3.05) is 11.5 Å². The highest BCUT2D eigenvalue weighted by Gasteiger charge is 2.68. The summed E-state index contributed by atoms with van der Waals surface area (Å²) >= 11 is 5.99. The summed E-state index contributed by atoms with van der Waals surface area (Å²) < 4.78 is 5.73. The molecule has 1 saturated heterocycles. The van der Waals surface area contributed by atoms with E-state index >= 15 is 0 Å². The van der Waals surface area contributed by atoms with Crippen molar-refractivity contribution in [3.63, 3.8) is 0 Å². The molecule has 1 aliphatic heterocycles. The average molecular weight is 604 g/mol. The van der Waals surface area contributed by atoms with Gasteiger partial charge in [0.05, 0.1) is 36.0 Å². The Kier molecular flexibility index (Phi) is 7.05. The first kappa shape index (κ1) is 28.0. The molecule has 0 spiro atoms. The van der Waals surface area contributed by atoms with Gasteiger partial charge in [-0.25, -0.2) is 10.3 Å². The monoisotopic (exact) mass is 603 g/mol. The SMILES string of the molecule is CCCOc1ccc(N2C(=O)[C@@H]3C4c5ccccc5C(/C=N\NC(=O)Cc5ccc(Cl)cc5)(c5ccccc54)[C@@H]3C2=O)cc1. The first-order valence-corrected chi connectivity index (χ1v) is 15.2. The van der Waals surface area contributed by atoms with Crippen LogP contribution >= 0.6 is 11.6 Å². The molecular weight excluding hydrogens is 574 g/mol. The van der Waals surface area contributed by atoms with Crippen molar-refractivity contribution in [1.29, 1.82) is 0 Å². The quantitative estimate of drug-likeness (QED) is 0.151. The third kappa shape index (κ3) is 4.34. The molecule has 0 unspecified atom stereocenters. The summed E-state index contributed by atoms with van der Waals surface area (Å²) in [5.41, 5.74) is 6.76. The van der Waals surface area contributed by atoms with Gasteiger partial charge in [-0.05, 0) is 70.6 Å². The highest BCUT2D eigenvalue weighted by molar-refractivity contribution is 6.30. The van der Waals surface area contributed by atoms with Crippen LogP contribution in [0.15, 0.2) is 102 Å². The van der Waals surface area contributed by atoms with E-state index in [-0.39, 0.29) is 30.1 Å². The minimum atomic E-state index is -1.06. The van der Waals surface area contributed by atoms with Crippen LogP contribution in [0.25, 0.3) is 0 Å². The lowest BCUT2D eigenvalue weighted by Crippen LogP contribution is -2.54. The van der Waals surface area contributed by atoms with Gasteiger partial charge in [0.1, 0.15) is 5.75 Å². The van der Waals surface area contributed by atoms with Gasteiger partial charge in [0, 0.05) is 17.2 Å². The zero-order chi connectivity index (χ0) is 30.4. The molecule has 3 aliphatic carbocycles. The van der Waals surface area contributed by atoms with Crippen molar-refractivity contribution in [1.82, 2.24) is 5.43 Å². The van der Waals surface area contributed by atoms with Gasteiger partial charge < -0.3 is 4.74 Å². The Labute approximate surface area is 260 Å². The van der Waals surface area contributed by atoms with Crippen LogP contribution in [0.4, 0.5) is 5.69 Å². The Morgan fingerprint density at radius 1 is 0.909 bits per heavy atom. The van der Waals surface area contributed by atoms with Gasteiger partial charge in [-0.15, -0.1) is 0 Å². The Hall–Kier alpha value is -4.75. The lowest BCUT2D eigenvalue weighted by Gasteiger charge is -2.52. The summed E-state index contributed by atoms with van der Waals surface area (Å²) in [7, 11) is 0. The number of amides is 3. The number of imide groups is 1. The van der Waals surface area contributed by atoms with Crippen LogP contribution < -0.4 is 15.1 Å². The molecule has 4 aromatic rings. The van der Waals surface area contributed by atoms with E-state index in [1.807, 2.05) is 55.5 Å². The molecule has 0 aromatic heterocycles. The fraction of sp³-hybridized carbons (Fsp3) is 0.222. The molecule has 44 heavy (non-hydrogen) atoms. The number of hydrogen-bond donors (Lipinski definition) is 1. The molecule has 4 aliphatic rings. The van der Waals surface area contributed by atoms with Gasteiger partial charge in [-0.2, -0.15) is 5.10 Å². The molecule has 1 N–H and O–H groups in total. The number of nitrogens with zero attached hydrogens (tertiary/aromatic N) is 2.